The third-order valence-corrected chi connectivity index (χ3v) is 3.35. The zero-order valence-corrected chi connectivity index (χ0v) is 11.8. The summed E-state index contributed by atoms with van der Waals surface area (Å²) in [5.74, 6) is 5.42. The topological polar surface area (TPSA) is 53.4 Å². The molecule has 0 spiro atoms. The molecular formula is C16H20N2O2. The van der Waals surface area contributed by atoms with Gasteiger partial charge in [0.15, 0.2) is 0 Å². The molecule has 0 bridgehead atoms. The van der Waals surface area contributed by atoms with Gasteiger partial charge in [0.25, 0.3) is 5.91 Å². The first-order valence-electron chi connectivity index (χ1n) is 7.12. The molecule has 0 aliphatic heterocycles. The van der Waals surface area contributed by atoms with E-state index in [1.807, 2.05) is 4.90 Å². The molecule has 1 fully saturated rings. The van der Waals surface area contributed by atoms with E-state index in [0.717, 1.165) is 32.2 Å². The molecule has 0 radical (unpaired) electrons. The standard InChI is InChI=1S/C16H20N2O2/c1-2-3-10-18(14-6-7-14)16(20)15-8-9-17-12-13(15)5-4-11-19/h8-9,12,14,19H,2-3,6-7,10-11H2,1H3. The van der Waals surface area contributed by atoms with Crippen molar-refractivity contribution in [1.82, 2.24) is 9.88 Å². The zero-order valence-electron chi connectivity index (χ0n) is 11.8. The van der Waals surface area contributed by atoms with Crippen LogP contribution in [0.25, 0.3) is 0 Å². The van der Waals surface area contributed by atoms with Gasteiger partial charge >= 0.3 is 0 Å². The molecule has 0 atom stereocenters. The van der Waals surface area contributed by atoms with E-state index >= 15 is 0 Å². The first-order chi connectivity index (χ1) is 9.77. The fraction of sp³-hybridized carbons (Fsp3) is 0.500. The molecule has 4 nitrogen and oxygen atoms in total. The van der Waals surface area contributed by atoms with E-state index in [-0.39, 0.29) is 12.5 Å². The van der Waals surface area contributed by atoms with E-state index in [0.29, 0.717) is 17.2 Å². The van der Waals surface area contributed by atoms with Crippen molar-refractivity contribution in [3.63, 3.8) is 0 Å². The van der Waals surface area contributed by atoms with Crippen molar-refractivity contribution in [2.75, 3.05) is 13.2 Å². The van der Waals surface area contributed by atoms with Gasteiger partial charge in [-0.05, 0) is 25.3 Å². The van der Waals surface area contributed by atoms with Crippen molar-refractivity contribution >= 4 is 5.91 Å². The van der Waals surface area contributed by atoms with Gasteiger partial charge in [-0.1, -0.05) is 25.2 Å². The monoisotopic (exact) mass is 272 g/mol. The number of carbonyl (C=O) groups is 1. The van der Waals surface area contributed by atoms with E-state index in [1.54, 1.807) is 18.5 Å². The van der Waals surface area contributed by atoms with Crippen LogP contribution >= 0.6 is 0 Å². The number of rotatable bonds is 5. The summed E-state index contributed by atoms with van der Waals surface area (Å²) in [6, 6.07) is 2.10. The number of unbranched alkanes of at least 4 members (excludes halogenated alkanes) is 1. The third kappa shape index (κ3) is 3.58. The second kappa shape index (κ2) is 7.06. The molecule has 1 aromatic heterocycles. The highest BCUT2D eigenvalue weighted by atomic mass is 16.2. The van der Waals surface area contributed by atoms with Gasteiger partial charge in [-0.25, -0.2) is 0 Å². The minimum Gasteiger partial charge on any atom is -0.384 e. The molecule has 1 aliphatic rings. The SMILES string of the molecule is CCCCN(C(=O)c1ccncc1C#CCO)C1CC1. The van der Waals surface area contributed by atoms with Crippen LogP contribution in [0.15, 0.2) is 18.5 Å². The predicted octanol–water partition coefficient (Wildman–Crippen LogP) is 1.83. The first-order valence-corrected chi connectivity index (χ1v) is 7.12. The normalized spacial score (nSPS) is 13.5. The smallest absolute Gasteiger partial charge is 0.255 e. The maximum absolute atomic E-state index is 12.7. The van der Waals surface area contributed by atoms with E-state index in [1.165, 1.54) is 0 Å². The van der Waals surface area contributed by atoms with Crippen LogP contribution in [-0.2, 0) is 0 Å². The Hall–Kier alpha value is -1.86. The first kappa shape index (κ1) is 14.5. The summed E-state index contributed by atoms with van der Waals surface area (Å²) in [5, 5.41) is 8.79. The summed E-state index contributed by atoms with van der Waals surface area (Å²) in [5.41, 5.74) is 1.18. The number of amides is 1. The van der Waals surface area contributed by atoms with Crippen LogP contribution in [0.4, 0.5) is 0 Å². The summed E-state index contributed by atoms with van der Waals surface area (Å²) in [6.45, 7) is 2.71. The average Bonchev–Trinajstić information content (AvgIpc) is 3.30. The van der Waals surface area contributed by atoms with Crippen molar-refractivity contribution in [1.29, 1.82) is 0 Å². The van der Waals surface area contributed by atoms with Crippen LogP contribution in [0.1, 0.15) is 48.5 Å². The predicted molar refractivity (Wildman–Crippen MR) is 77.2 cm³/mol. The van der Waals surface area contributed by atoms with E-state index in [2.05, 4.69) is 23.7 Å². The van der Waals surface area contributed by atoms with Gasteiger partial charge in [-0.2, -0.15) is 0 Å². The van der Waals surface area contributed by atoms with Crippen LogP contribution in [0.2, 0.25) is 0 Å². The van der Waals surface area contributed by atoms with Gasteiger partial charge < -0.3 is 10.0 Å². The number of pyridine rings is 1. The fourth-order valence-corrected chi connectivity index (χ4v) is 2.13. The lowest BCUT2D eigenvalue weighted by Crippen LogP contribution is -2.34. The third-order valence-electron chi connectivity index (χ3n) is 3.35. The highest BCUT2D eigenvalue weighted by Gasteiger charge is 2.33. The molecule has 1 aliphatic carbocycles. The summed E-state index contributed by atoms with van der Waals surface area (Å²) in [7, 11) is 0. The lowest BCUT2D eigenvalue weighted by atomic mass is 10.1. The molecule has 2 rings (SSSR count). The highest BCUT2D eigenvalue weighted by Crippen LogP contribution is 2.29. The lowest BCUT2D eigenvalue weighted by molar-refractivity contribution is 0.0740. The van der Waals surface area contributed by atoms with Crippen LogP contribution < -0.4 is 0 Å². The highest BCUT2D eigenvalue weighted by molar-refractivity contribution is 5.97. The number of aliphatic hydroxyl groups excluding tert-OH is 1. The molecule has 1 saturated carbocycles. The van der Waals surface area contributed by atoms with Crippen molar-refractivity contribution in [2.24, 2.45) is 0 Å². The summed E-state index contributed by atoms with van der Waals surface area (Å²) >= 11 is 0. The lowest BCUT2D eigenvalue weighted by Gasteiger charge is -2.22. The maximum atomic E-state index is 12.7. The van der Waals surface area contributed by atoms with Crippen LogP contribution in [0.5, 0.6) is 0 Å². The molecule has 0 saturated heterocycles. The Morgan fingerprint density at radius 3 is 3.00 bits per heavy atom. The number of aromatic nitrogens is 1. The molecule has 1 amide bonds. The largest absolute Gasteiger partial charge is 0.384 e. The number of carbonyl (C=O) groups excluding carboxylic acids is 1. The Balaban J connectivity index is 2.22. The minimum absolute atomic E-state index is 0.0330. The molecule has 1 N–H and O–H groups in total. The summed E-state index contributed by atoms with van der Waals surface area (Å²) in [6.07, 6.45) is 7.48. The summed E-state index contributed by atoms with van der Waals surface area (Å²) in [4.78, 5) is 18.7. The van der Waals surface area contributed by atoms with Crippen molar-refractivity contribution in [3.8, 4) is 11.8 Å². The van der Waals surface area contributed by atoms with Crippen molar-refractivity contribution in [2.45, 2.75) is 38.6 Å². The molecule has 1 heterocycles. The molecule has 4 heteroatoms. The van der Waals surface area contributed by atoms with Crippen molar-refractivity contribution < 1.29 is 9.90 Å². The van der Waals surface area contributed by atoms with E-state index in [9.17, 15) is 4.79 Å². The Morgan fingerprint density at radius 1 is 1.55 bits per heavy atom. The number of hydrogen-bond donors (Lipinski definition) is 1. The van der Waals surface area contributed by atoms with Crippen LogP contribution in [0.3, 0.4) is 0 Å². The average molecular weight is 272 g/mol. The number of hydrogen-bond acceptors (Lipinski definition) is 3. The van der Waals surface area contributed by atoms with Gasteiger partial charge in [0, 0.05) is 25.0 Å². The summed E-state index contributed by atoms with van der Waals surface area (Å²) < 4.78 is 0. The van der Waals surface area contributed by atoms with Gasteiger partial charge in [0.2, 0.25) is 0 Å². The van der Waals surface area contributed by atoms with E-state index in [4.69, 9.17) is 5.11 Å². The van der Waals surface area contributed by atoms with Crippen LogP contribution in [-0.4, -0.2) is 40.1 Å². The van der Waals surface area contributed by atoms with Crippen LogP contribution in [0, 0.1) is 11.8 Å². The van der Waals surface area contributed by atoms with Crippen molar-refractivity contribution in [3.05, 3.63) is 29.6 Å². The maximum Gasteiger partial charge on any atom is 0.255 e. The fourth-order valence-electron chi connectivity index (χ4n) is 2.13. The Kier molecular flexibility index (Phi) is 5.14. The minimum atomic E-state index is -0.218. The number of aliphatic hydroxyl groups is 1. The quantitative estimate of drug-likeness (QED) is 0.832. The zero-order chi connectivity index (χ0) is 14.4. The van der Waals surface area contributed by atoms with Gasteiger partial charge in [-0.3, -0.25) is 9.78 Å². The van der Waals surface area contributed by atoms with E-state index < -0.39 is 0 Å². The Morgan fingerprint density at radius 2 is 2.35 bits per heavy atom. The second-order valence-corrected chi connectivity index (χ2v) is 4.96. The Labute approximate surface area is 119 Å². The molecule has 0 aromatic carbocycles. The number of nitrogens with zero attached hydrogens (tertiary/aromatic N) is 2. The molecular weight excluding hydrogens is 252 g/mol. The van der Waals surface area contributed by atoms with Gasteiger partial charge in [0.05, 0.1) is 11.1 Å². The van der Waals surface area contributed by atoms with Gasteiger partial charge in [0.1, 0.15) is 6.61 Å². The Bertz CT molecular complexity index is 527. The molecule has 1 aromatic rings. The molecule has 0 unspecified atom stereocenters. The molecule has 106 valence electrons. The molecule has 20 heavy (non-hydrogen) atoms. The van der Waals surface area contributed by atoms with Gasteiger partial charge in [-0.15, -0.1) is 0 Å². The second-order valence-electron chi connectivity index (χ2n) is 4.96.